The second-order valence-corrected chi connectivity index (χ2v) is 4.03. The minimum Gasteiger partial charge on any atom is -0.493 e. The maximum Gasteiger partial charge on any atom is 0.195 e. The van der Waals surface area contributed by atoms with E-state index in [1.165, 1.54) is 0 Å². The van der Waals surface area contributed by atoms with Crippen LogP contribution in [0, 0.1) is 0 Å². The van der Waals surface area contributed by atoms with Gasteiger partial charge in [-0.15, -0.1) is 0 Å². The summed E-state index contributed by atoms with van der Waals surface area (Å²) in [6.07, 6.45) is 4.39. The zero-order valence-corrected chi connectivity index (χ0v) is 10.2. The van der Waals surface area contributed by atoms with Gasteiger partial charge in [0, 0.05) is 5.56 Å². The van der Waals surface area contributed by atoms with E-state index in [4.69, 9.17) is 9.15 Å². The number of methoxy groups -OCH3 is 1. The molecule has 3 nitrogen and oxygen atoms in total. The normalized spacial score (nSPS) is 10.7. The van der Waals surface area contributed by atoms with E-state index in [2.05, 4.69) is 6.92 Å². The van der Waals surface area contributed by atoms with E-state index in [1.807, 2.05) is 6.07 Å². The number of rotatable bonds is 4. The number of hydrogen-bond donors (Lipinski definition) is 0. The second kappa shape index (κ2) is 5.04. The average molecular weight is 232 g/mol. The molecule has 1 heterocycles. The molecule has 0 atom stereocenters. The van der Waals surface area contributed by atoms with Crippen LogP contribution in [0.15, 0.2) is 33.7 Å². The molecular formula is C14H16O3. The number of para-hydroxylation sites is 1. The van der Waals surface area contributed by atoms with Crippen molar-refractivity contribution in [2.75, 3.05) is 7.11 Å². The highest BCUT2D eigenvalue weighted by Crippen LogP contribution is 2.23. The van der Waals surface area contributed by atoms with Gasteiger partial charge in [-0.3, -0.25) is 4.79 Å². The molecule has 1 aromatic heterocycles. The summed E-state index contributed by atoms with van der Waals surface area (Å²) in [4.78, 5) is 12.2. The Morgan fingerprint density at radius 1 is 1.35 bits per heavy atom. The Bertz CT molecular complexity index is 569. The first kappa shape index (κ1) is 11.7. The number of hydrogen-bond acceptors (Lipinski definition) is 3. The Morgan fingerprint density at radius 2 is 2.18 bits per heavy atom. The summed E-state index contributed by atoms with van der Waals surface area (Å²) in [5.74, 6) is 0.599. The summed E-state index contributed by atoms with van der Waals surface area (Å²) in [6, 6.07) is 5.37. The van der Waals surface area contributed by atoms with Crippen molar-refractivity contribution in [1.82, 2.24) is 0 Å². The predicted octanol–water partition coefficient (Wildman–Crippen LogP) is 3.14. The Hall–Kier alpha value is -1.77. The first-order chi connectivity index (χ1) is 8.27. The molecule has 2 rings (SSSR count). The van der Waals surface area contributed by atoms with Crippen molar-refractivity contribution in [2.45, 2.75) is 26.2 Å². The van der Waals surface area contributed by atoms with E-state index in [0.29, 0.717) is 16.7 Å². The van der Waals surface area contributed by atoms with Crippen LogP contribution in [0.25, 0.3) is 11.0 Å². The highest BCUT2D eigenvalue weighted by Gasteiger charge is 2.09. The van der Waals surface area contributed by atoms with Crippen LogP contribution in [0.1, 0.15) is 25.3 Å². The number of ether oxygens (including phenoxy) is 1. The molecule has 2 aromatic rings. The lowest BCUT2D eigenvalue weighted by Crippen LogP contribution is -2.08. The molecule has 90 valence electrons. The fourth-order valence-electron chi connectivity index (χ4n) is 1.87. The van der Waals surface area contributed by atoms with Crippen LogP contribution in [-0.4, -0.2) is 7.11 Å². The third-order valence-corrected chi connectivity index (χ3v) is 2.85. The van der Waals surface area contributed by atoms with Gasteiger partial charge in [0.15, 0.2) is 16.8 Å². The van der Waals surface area contributed by atoms with Gasteiger partial charge >= 0.3 is 0 Å². The molecule has 0 saturated heterocycles. The lowest BCUT2D eigenvalue weighted by Gasteiger charge is -2.05. The van der Waals surface area contributed by atoms with Gasteiger partial charge in [0.2, 0.25) is 0 Å². The quantitative estimate of drug-likeness (QED) is 0.813. The van der Waals surface area contributed by atoms with E-state index >= 15 is 0 Å². The molecule has 0 unspecified atom stereocenters. The van der Waals surface area contributed by atoms with Crippen LogP contribution < -0.4 is 10.2 Å². The summed E-state index contributed by atoms with van der Waals surface area (Å²) in [5, 5.41) is 0.595. The van der Waals surface area contributed by atoms with Crippen molar-refractivity contribution in [3.05, 3.63) is 40.2 Å². The van der Waals surface area contributed by atoms with Gasteiger partial charge in [-0.1, -0.05) is 19.4 Å². The van der Waals surface area contributed by atoms with E-state index in [9.17, 15) is 4.79 Å². The maximum absolute atomic E-state index is 12.2. The van der Waals surface area contributed by atoms with Crippen molar-refractivity contribution in [2.24, 2.45) is 0 Å². The third-order valence-electron chi connectivity index (χ3n) is 2.85. The zero-order valence-electron chi connectivity index (χ0n) is 10.2. The van der Waals surface area contributed by atoms with Crippen molar-refractivity contribution < 1.29 is 9.15 Å². The Morgan fingerprint density at radius 3 is 2.88 bits per heavy atom. The van der Waals surface area contributed by atoms with Crippen LogP contribution >= 0.6 is 0 Å². The zero-order chi connectivity index (χ0) is 12.3. The van der Waals surface area contributed by atoms with Crippen LogP contribution in [-0.2, 0) is 6.42 Å². The summed E-state index contributed by atoms with van der Waals surface area (Å²) in [6.45, 7) is 2.10. The standard InChI is InChI=1S/C14H16O3/c1-3-4-6-10-9-17-14-11(13(10)15)7-5-8-12(14)16-2/h5,7-9H,3-4,6H2,1-2H3. The van der Waals surface area contributed by atoms with E-state index in [-0.39, 0.29) is 5.43 Å². The van der Waals surface area contributed by atoms with Crippen LogP contribution in [0.5, 0.6) is 5.75 Å². The molecule has 0 aliphatic carbocycles. The summed E-state index contributed by atoms with van der Waals surface area (Å²) in [7, 11) is 1.57. The highest BCUT2D eigenvalue weighted by molar-refractivity contribution is 5.82. The van der Waals surface area contributed by atoms with Crippen molar-refractivity contribution in [1.29, 1.82) is 0 Å². The predicted molar refractivity (Wildman–Crippen MR) is 67.6 cm³/mol. The Kier molecular flexibility index (Phi) is 3.47. The topological polar surface area (TPSA) is 39.4 Å². The van der Waals surface area contributed by atoms with Crippen molar-refractivity contribution in [3.8, 4) is 5.75 Å². The van der Waals surface area contributed by atoms with Gasteiger partial charge in [-0.25, -0.2) is 0 Å². The number of unbranched alkanes of at least 4 members (excludes halogenated alkanes) is 1. The van der Waals surface area contributed by atoms with E-state index < -0.39 is 0 Å². The summed E-state index contributed by atoms with van der Waals surface area (Å²) >= 11 is 0. The largest absolute Gasteiger partial charge is 0.493 e. The monoisotopic (exact) mass is 232 g/mol. The first-order valence-electron chi connectivity index (χ1n) is 5.85. The smallest absolute Gasteiger partial charge is 0.195 e. The lowest BCUT2D eigenvalue weighted by atomic mass is 10.1. The molecule has 3 heteroatoms. The number of fused-ring (bicyclic) bond motifs is 1. The van der Waals surface area contributed by atoms with Gasteiger partial charge in [0.1, 0.15) is 0 Å². The maximum atomic E-state index is 12.2. The molecular weight excluding hydrogens is 216 g/mol. The van der Waals surface area contributed by atoms with Gasteiger partial charge in [0.05, 0.1) is 18.8 Å². The molecule has 0 N–H and O–H groups in total. The van der Waals surface area contributed by atoms with Gasteiger partial charge < -0.3 is 9.15 Å². The SMILES string of the molecule is CCCCc1coc2c(OC)cccc2c1=O. The lowest BCUT2D eigenvalue weighted by molar-refractivity contribution is 0.408. The molecule has 0 amide bonds. The fraction of sp³-hybridized carbons (Fsp3) is 0.357. The molecule has 0 aliphatic heterocycles. The molecule has 0 radical (unpaired) electrons. The molecule has 0 bridgehead atoms. The number of benzene rings is 1. The minimum absolute atomic E-state index is 0.0543. The van der Waals surface area contributed by atoms with Gasteiger partial charge in [0.25, 0.3) is 0 Å². The van der Waals surface area contributed by atoms with Crippen molar-refractivity contribution in [3.63, 3.8) is 0 Å². The molecule has 17 heavy (non-hydrogen) atoms. The molecule has 0 aliphatic rings. The average Bonchev–Trinajstić information content (AvgIpc) is 2.37. The molecule has 1 aromatic carbocycles. The van der Waals surface area contributed by atoms with Crippen LogP contribution in [0.2, 0.25) is 0 Å². The molecule has 0 fully saturated rings. The molecule has 0 spiro atoms. The Balaban J connectivity index is 2.56. The van der Waals surface area contributed by atoms with E-state index in [1.54, 1.807) is 25.5 Å². The second-order valence-electron chi connectivity index (χ2n) is 4.03. The third kappa shape index (κ3) is 2.18. The minimum atomic E-state index is 0.0543. The van der Waals surface area contributed by atoms with Gasteiger partial charge in [-0.05, 0) is 25.0 Å². The highest BCUT2D eigenvalue weighted by atomic mass is 16.5. The van der Waals surface area contributed by atoms with Crippen molar-refractivity contribution >= 4 is 11.0 Å². The van der Waals surface area contributed by atoms with Crippen LogP contribution in [0.3, 0.4) is 0 Å². The van der Waals surface area contributed by atoms with Crippen LogP contribution in [0.4, 0.5) is 0 Å². The first-order valence-corrected chi connectivity index (χ1v) is 5.85. The summed E-state index contributed by atoms with van der Waals surface area (Å²) < 4.78 is 10.7. The molecule has 0 saturated carbocycles. The Labute approximate surface area is 100 Å². The van der Waals surface area contributed by atoms with E-state index in [0.717, 1.165) is 24.8 Å². The van der Waals surface area contributed by atoms with Gasteiger partial charge in [-0.2, -0.15) is 0 Å². The summed E-state index contributed by atoms with van der Waals surface area (Å²) in [5.41, 5.74) is 1.33. The fourth-order valence-corrected chi connectivity index (χ4v) is 1.87. The number of aryl methyl sites for hydroxylation is 1.